The van der Waals surface area contributed by atoms with Crippen LogP contribution in [0.5, 0.6) is 5.75 Å². The third-order valence-corrected chi connectivity index (χ3v) is 4.58. The van der Waals surface area contributed by atoms with Gasteiger partial charge in [-0.25, -0.2) is 8.78 Å². The number of hydrogen-bond donors (Lipinski definition) is 2. The first kappa shape index (κ1) is 20.6. The molecule has 1 aliphatic rings. The van der Waals surface area contributed by atoms with Gasteiger partial charge in [0.15, 0.2) is 12.6 Å². The summed E-state index contributed by atoms with van der Waals surface area (Å²) in [6, 6.07) is 10.9. The Labute approximate surface area is 168 Å². The second-order valence-electron chi connectivity index (χ2n) is 6.57. The van der Waals surface area contributed by atoms with Gasteiger partial charge in [0.2, 0.25) is 0 Å². The van der Waals surface area contributed by atoms with Gasteiger partial charge in [0.05, 0.1) is 5.69 Å². The molecule has 0 atom stereocenters. The van der Waals surface area contributed by atoms with Crippen molar-refractivity contribution in [3.63, 3.8) is 0 Å². The van der Waals surface area contributed by atoms with E-state index in [1.54, 1.807) is 11.9 Å². The highest BCUT2D eigenvalue weighted by Crippen LogP contribution is 2.31. The highest BCUT2D eigenvalue weighted by atomic mass is 19.1. The van der Waals surface area contributed by atoms with Gasteiger partial charge in [0, 0.05) is 26.7 Å². The van der Waals surface area contributed by atoms with Gasteiger partial charge in [-0.3, -0.25) is 9.79 Å². The molecule has 1 aliphatic heterocycles. The van der Waals surface area contributed by atoms with Gasteiger partial charge in [-0.05, 0) is 48.7 Å². The number of ether oxygens (including phenoxy) is 1. The Balaban J connectivity index is 1.42. The van der Waals surface area contributed by atoms with Crippen LogP contribution in [0.2, 0.25) is 0 Å². The van der Waals surface area contributed by atoms with Crippen molar-refractivity contribution in [2.45, 2.75) is 12.8 Å². The second-order valence-corrected chi connectivity index (χ2v) is 6.57. The van der Waals surface area contributed by atoms with Crippen molar-refractivity contribution in [2.24, 2.45) is 4.99 Å². The molecule has 1 heterocycles. The highest BCUT2D eigenvalue weighted by molar-refractivity contribution is 5.97. The van der Waals surface area contributed by atoms with E-state index in [9.17, 15) is 13.6 Å². The van der Waals surface area contributed by atoms with Crippen LogP contribution in [0.3, 0.4) is 0 Å². The second kappa shape index (κ2) is 9.86. The molecule has 0 fully saturated rings. The fourth-order valence-electron chi connectivity index (χ4n) is 3.11. The summed E-state index contributed by atoms with van der Waals surface area (Å²) in [6.45, 7) is 1.61. The van der Waals surface area contributed by atoms with Crippen LogP contribution in [0.1, 0.15) is 12.0 Å². The number of anilines is 1. The van der Waals surface area contributed by atoms with E-state index in [1.165, 1.54) is 6.07 Å². The van der Waals surface area contributed by atoms with Crippen molar-refractivity contribution in [3.05, 3.63) is 59.7 Å². The Morgan fingerprint density at radius 3 is 2.79 bits per heavy atom. The predicted octanol–water partition coefficient (Wildman–Crippen LogP) is 2.49. The summed E-state index contributed by atoms with van der Waals surface area (Å²) >= 11 is 0. The number of guanidine groups is 1. The number of aliphatic imine (C=N–C) groups is 1. The predicted molar refractivity (Wildman–Crippen MR) is 108 cm³/mol. The monoisotopic (exact) mass is 402 g/mol. The Morgan fingerprint density at radius 2 is 1.97 bits per heavy atom. The topological polar surface area (TPSA) is 66.0 Å². The molecule has 1 amide bonds. The van der Waals surface area contributed by atoms with E-state index in [0.29, 0.717) is 49.7 Å². The molecule has 3 rings (SSSR count). The molecule has 0 bridgehead atoms. The van der Waals surface area contributed by atoms with Gasteiger partial charge in [-0.2, -0.15) is 0 Å². The molecule has 0 saturated heterocycles. The number of fused-ring (bicyclic) bond motifs is 1. The molecule has 0 radical (unpaired) electrons. The van der Waals surface area contributed by atoms with Crippen molar-refractivity contribution in [1.29, 1.82) is 0 Å². The van der Waals surface area contributed by atoms with Crippen LogP contribution >= 0.6 is 0 Å². The molecule has 0 aromatic heterocycles. The zero-order valence-electron chi connectivity index (χ0n) is 16.3. The number of halogens is 2. The van der Waals surface area contributed by atoms with Crippen molar-refractivity contribution in [2.75, 3.05) is 38.2 Å². The van der Waals surface area contributed by atoms with Crippen LogP contribution in [0.25, 0.3) is 0 Å². The van der Waals surface area contributed by atoms with E-state index in [2.05, 4.69) is 15.6 Å². The Bertz CT molecular complexity index is 889. The largest absolute Gasteiger partial charge is 0.482 e. The van der Waals surface area contributed by atoms with Gasteiger partial charge in [0.25, 0.3) is 5.91 Å². The third kappa shape index (κ3) is 5.43. The minimum absolute atomic E-state index is 0.0459. The van der Waals surface area contributed by atoms with Gasteiger partial charge in [0.1, 0.15) is 17.4 Å². The number of amides is 1. The lowest BCUT2D eigenvalue weighted by molar-refractivity contribution is -0.121. The highest BCUT2D eigenvalue weighted by Gasteiger charge is 2.24. The molecular weight excluding hydrogens is 378 g/mol. The average Bonchev–Trinajstić information content (AvgIpc) is 2.73. The smallest absolute Gasteiger partial charge is 0.265 e. The summed E-state index contributed by atoms with van der Waals surface area (Å²) in [4.78, 5) is 18.0. The number of nitrogens with one attached hydrogen (secondary N) is 2. The van der Waals surface area contributed by atoms with Crippen LogP contribution < -0.4 is 20.3 Å². The van der Waals surface area contributed by atoms with Crippen molar-refractivity contribution in [1.82, 2.24) is 10.6 Å². The number of carbonyl (C=O) groups excluding carboxylic acids is 1. The van der Waals surface area contributed by atoms with Crippen molar-refractivity contribution >= 4 is 17.6 Å². The Morgan fingerprint density at radius 1 is 1.17 bits per heavy atom. The van der Waals surface area contributed by atoms with Gasteiger partial charge in [-0.1, -0.05) is 12.1 Å². The van der Waals surface area contributed by atoms with Crippen LogP contribution in [-0.4, -0.2) is 45.2 Å². The summed E-state index contributed by atoms with van der Waals surface area (Å²) in [6.07, 6.45) is 1.04. The molecule has 0 unspecified atom stereocenters. The Kier molecular flexibility index (Phi) is 6.99. The molecule has 154 valence electrons. The zero-order valence-corrected chi connectivity index (χ0v) is 16.3. The standard InChI is InChI=1S/C21H24F2N4O2/c1-24-21(26-11-9-15-13-16(22)7-8-17(15)23)25-10-4-12-27-18-5-2-3-6-19(18)29-14-20(27)28/h2-3,5-8,13H,4,9-12,14H2,1H3,(H2,24,25,26). The molecule has 8 heteroatoms. The number of nitrogens with zero attached hydrogens (tertiary/aromatic N) is 2. The molecule has 0 spiro atoms. The lowest BCUT2D eigenvalue weighted by Gasteiger charge is -2.29. The number of hydrogen-bond acceptors (Lipinski definition) is 3. The van der Waals surface area contributed by atoms with Crippen LogP contribution in [0.15, 0.2) is 47.5 Å². The van der Waals surface area contributed by atoms with E-state index in [0.717, 1.165) is 17.8 Å². The number of carbonyl (C=O) groups is 1. The maximum atomic E-state index is 13.7. The van der Waals surface area contributed by atoms with Crippen molar-refractivity contribution < 1.29 is 18.3 Å². The number of para-hydroxylation sites is 2. The van der Waals surface area contributed by atoms with E-state index >= 15 is 0 Å². The third-order valence-electron chi connectivity index (χ3n) is 4.58. The normalized spacial score (nSPS) is 13.7. The van der Waals surface area contributed by atoms with E-state index in [1.807, 2.05) is 24.3 Å². The van der Waals surface area contributed by atoms with Crippen LogP contribution in [0, 0.1) is 11.6 Å². The summed E-state index contributed by atoms with van der Waals surface area (Å²) in [5, 5.41) is 6.24. The molecule has 2 aromatic rings. The Hall–Kier alpha value is -3.16. The van der Waals surface area contributed by atoms with Crippen LogP contribution in [0.4, 0.5) is 14.5 Å². The quantitative estimate of drug-likeness (QED) is 0.424. The number of rotatable bonds is 7. The van der Waals surface area contributed by atoms with E-state index in [4.69, 9.17) is 4.74 Å². The van der Waals surface area contributed by atoms with Gasteiger partial charge >= 0.3 is 0 Å². The minimum Gasteiger partial charge on any atom is -0.482 e. The minimum atomic E-state index is -0.455. The summed E-state index contributed by atoms with van der Waals surface area (Å²) in [5.41, 5.74) is 1.10. The molecule has 2 N–H and O–H groups in total. The molecule has 6 nitrogen and oxygen atoms in total. The molecule has 29 heavy (non-hydrogen) atoms. The van der Waals surface area contributed by atoms with Gasteiger partial charge in [-0.15, -0.1) is 0 Å². The maximum absolute atomic E-state index is 13.7. The maximum Gasteiger partial charge on any atom is 0.265 e. The molecular formula is C21H24F2N4O2. The molecule has 0 aliphatic carbocycles. The summed E-state index contributed by atoms with van der Waals surface area (Å²) < 4.78 is 32.3. The first-order valence-electron chi connectivity index (χ1n) is 9.49. The lowest BCUT2D eigenvalue weighted by atomic mass is 10.1. The fourth-order valence-corrected chi connectivity index (χ4v) is 3.11. The van der Waals surface area contributed by atoms with E-state index in [-0.39, 0.29) is 12.5 Å². The fraction of sp³-hybridized carbons (Fsp3) is 0.333. The first-order valence-corrected chi connectivity index (χ1v) is 9.49. The molecule has 0 saturated carbocycles. The summed E-state index contributed by atoms with van der Waals surface area (Å²) in [5.74, 6) is 0.329. The van der Waals surface area contributed by atoms with E-state index < -0.39 is 11.6 Å². The zero-order chi connectivity index (χ0) is 20.6. The van der Waals surface area contributed by atoms with Gasteiger partial charge < -0.3 is 20.3 Å². The lowest BCUT2D eigenvalue weighted by Crippen LogP contribution is -2.42. The average molecular weight is 402 g/mol. The molecule has 2 aromatic carbocycles. The SMILES string of the molecule is CN=C(NCCCN1C(=O)COc2ccccc21)NCCc1cc(F)ccc1F. The number of benzene rings is 2. The van der Waals surface area contributed by atoms with Crippen molar-refractivity contribution in [3.8, 4) is 5.75 Å². The summed E-state index contributed by atoms with van der Waals surface area (Å²) in [7, 11) is 1.64. The first-order chi connectivity index (χ1) is 14.1. The van der Waals surface area contributed by atoms with Crippen LogP contribution in [-0.2, 0) is 11.2 Å².